The number of hydrogen-bond donors (Lipinski definition) is 1. The first-order chi connectivity index (χ1) is 12.7. The molecule has 5 heteroatoms. The maximum Gasteiger partial charge on any atom is 0.339 e. The van der Waals surface area contributed by atoms with E-state index in [-0.39, 0.29) is 17.4 Å². The molecule has 0 aliphatic heterocycles. The van der Waals surface area contributed by atoms with Crippen molar-refractivity contribution in [1.29, 1.82) is 0 Å². The Morgan fingerprint density at radius 1 is 1.19 bits per heavy atom. The van der Waals surface area contributed by atoms with Crippen LogP contribution in [0.5, 0.6) is 0 Å². The number of pyridine rings is 1. The quantitative estimate of drug-likeness (QED) is 0.803. The van der Waals surface area contributed by atoms with Gasteiger partial charge < -0.3 is 10.1 Å². The van der Waals surface area contributed by atoms with E-state index < -0.39 is 12.1 Å². The van der Waals surface area contributed by atoms with E-state index in [9.17, 15) is 9.59 Å². The number of benzene rings is 1. The SMILES string of the molecule is CC(C)C(OC(=O)c1cc(C2CC2)nc2ccccc12)C(=O)NC(C)(C)C. The van der Waals surface area contributed by atoms with Crippen molar-refractivity contribution in [3.05, 3.63) is 41.6 Å². The molecular weight excluding hydrogens is 340 g/mol. The highest BCUT2D eigenvalue weighted by molar-refractivity contribution is 6.04. The van der Waals surface area contributed by atoms with E-state index in [1.54, 1.807) is 0 Å². The van der Waals surface area contributed by atoms with Gasteiger partial charge >= 0.3 is 5.97 Å². The molecule has 1 aromatic heterocycles. The van der Waals surface area contributed by atoms with Crippen LogP contribution in [-0.2, 0) is 9.53 Å². The minimum absolute atomic E-state index is 0.132. The number of ether oxygens (including phenoxy) is 1. The van der Waals surface area contributed by atoms with Gasteiger partial charge in [-0.1, -0.05) is 32.0 Å². The van der Waals surface area contributed by atoms with Gasteiger partial charge in [-0.25, -0.2) is 4.79 Å². The third kappa shape index (κ3) is 4.65. The van der Waals surface area contributed by atoms with Gasteiger partial charge in [-0.15, -0.1) is 0 Å². The summed E-state index contributed by atoms with van der Waals surface area (Å²) in [5.74, 6) is -0.455. The highest BCUT2D eigenvalue weighted by Crippen LogP contribution is 2.40. The van der Waals surface area contributed by atoms with Crippen LogP contribution in [0.3, 0.4) is 0 Å². The Kier molecular flexibility index (Phi) is 5.22. The second-order valence-electron chi connectivity index (χ2n) is 8.70. The number of aromatic nitrogens is 1. The van der Waals surface area contributed by atoms with Crippen LogP contribution >= 0.6 is 0 Å². The number of fused-ring (bicyclic) bond motifs is 1. The molecule has 1 heterocycles. The van der Waals surface area contributed by atoms with Crippen molar-refractivity contribution < 1.29 is 14.3 Å². The van der Waals surface area contributed by atoms with Gasteiger partial charge in [0, 0.05) is 22.5 Å². The standard InChI is InChI=1S/C22H28N2O3/c1-13(2)19(20(25)24-22(3,4)5)27-21(26)16-12-18(14-10-11-14)23-17-9-7-6-8-15(16)17/h6-9,12-14,19H,10-11H2,1-5H3,(H,24,25). The zero-order valence-corrected chi connectivity index (χ0v) is 16.7. The third-order valence-electron chi connectivity index (χ3n) is 4.55. The second-order valence-corrected chi connectivity index (χ2v) is 8.70. The lowest BCUT2D eigenvalue weighted by atomic mass is 10.0. The number of nitrogens with one attached hydrogen (secondary N) is 1. The van der Waals surface area contributed by atoms with Crippen molar-refractivity contribution in [2.75, 3.05) is 0 Å². The summed E-state index contributed by atoms with van der Waals surface area (Å²) < 4.78 is 5.69. The van der Waals surface area contributed by atoms with Crippen molar-refractivity contribution in [3.8, 4) is 0 Å². The molecule has 1 aliphatic rings. The van der Waals surface area contributed by atoms with Gasteiger partial charge in [-0.2, -0.15) is 0 Å². The van der Waals surface area contributed by atoms with Gasteiger partial charge in [-0.3, -0.25) is 9.78 Å². The Hall–Kier alpha value is -2.43. The van der Waals surface area contributed by atoms with E-state index in [4.69, 9.17) is 9.72 Å². The van der Waals surface area contributed by atoms with Crippen molar-refractivity contribution in [2.45, 2.75) is 65.0 Å². The molecule has 144 valence electrons. The predicted molar refractivity (Wildman–Crippen MR) is 106 cm³/mol. The third-order valence-corrected chi connectivity index (χ3v) is 4.55. The molecule has 0 bridgehead atoms. The number of carbonyl (C=O) groups excluding carboxylic acids is 2. The lowest BCUT2D eigenvalue weighted by molar-refractivity contribution is -0.133. The normalized spacial score (nSPS) is 15.6. The van der Waals surface area contributed by atoms with Gasteiger partial charge in [0.25, 0.3) is 5.91 Å². The maximum atomic E-state index is 13.0. The van der Waals surface area contributed by atoms with E-state index in [0.717, 1.165) is 29.4 Å². The lowest BCUT2D eigenvalue weighted by Gasteiger charge is -2.27. The smallest absolute Gasteiger partial charge is 0.339 e. The van der Waals surface area contributed by atoms with Crippen molar-refractivity contribution in [2.24, 2.45) is 5.92 Å². The summed E-state index contributed by atoms with van der Waals surface area (Å²) in [5, 5.41) is 3.66. The molecule has 0 spiro atoms. The topological polar surface area (TPSA) is 68.3 Å². The Bertz CT molecular complexity index is 863. The lowest BCUT2D eigenvalue weighted by Crippen LogP contribution is -2.48. The molecule has 1 N–H and O–H groups in total. The molecular formula is C22H28N2O3. The first-order valence-electron chi connectivity index (χ1n) is 9.58. The second kappa shape index (κ2) is 7.29. The van der Waals surface area contributed by atoms with Crippen LogP contribution in [0.4, 0.5) is 0 Å². The van der Waals surface area contributed by atoms with E-state index in [0.29, 0.717) is 11.5 Å². The largest absolute Gasteiger partial charge is 0.448 e. The summed E-state index contributed by atoms with van der Waals surface area (Å²) in [5.41, 5.74) is 1.81. The summed E-state index contributed by atoms with van der Waals surface area (Å²) in [7, 11) is 0. The zero-order valence-electron chi connectivity index (χ0n) is 16.7. The Morgan fingerprint density at radius 3 is 2.44 bits per heavy atom. The number of carbonyl (C=O) groups is 2. The molecule has 1 aromatic carbocycles. The summed E-state index contributed by atoms with van der Waals surface area (Å²) >= 11 is 0. The highest BCUT2D eigenvalue weighted by Gasteiger charge is 2.31. The fraction of sp³-hybridized carbons (Fsp3) is 0.500. The van der Waals surface area contributed by atoms with Crippen molar-refractivity contribution >= 4 is 22.8 Å². The van der Waals surface area contributed by atoms with E-state index in [2.05, 4.69) is 5.32 Å². The van der Waals surface area contributed by atoms with Gasteiger partial charge in [0.1, 0.15) is 0 Å². The van der Waals surface area contributed by atoms with Crippen molar-refractivity contribution in [3.63, 3.8) is 0 Å². The van der Waals surface area contributed by atoms with Crippen LogP contribution in [-0.4, -0.2) is 28.5 Å². The molecule has 1 saturated carbocycles. The number of nitrogens with zero attached hydrogens (tertiary/aromatic N) is 1. The molecule has 1 aliphatic carbocycles. The van der Waals surface area contributed by atoms with Crippen LogP contribution in [0.1, 0.15) is 69.4 Å². The zero-order chi connectivity index (χ0) is 19.8. The predicted octanol–water partition coefficient (Wildman–Crippen LogP) is 4.21. The van der Waals surface area contributed by atoms with E-state index in [1.165, 1.54) is 0 Å². The molecule has 3 rings (SSSR count). The summed E-state index contributed by atoms with van der Waals surface area (Å²) in [6.45, 7) is 9.47. The molecule has 2 aromatic rings. The van der Waals surface area contributed by atoms with Gasteiger partial charge in [0.15, 0.2) is 6.10 Å². The number of rotatable bonds is 5. The van der Waals surface area contributed by atoms with Crippen LogP contribution in [0.2, 0.25) is 0 Å². The molecule has 1 amide bonds. The first-order valence-corrected chi connectivity index (χ1v) is 9.58. The fourth-order valence-corrected chi connectivity index (χ4v) is 3.06. The number of amides is 1. The summed E-state index contributed by atoms with van der Waals surface area (Å²) in [6, 6.07) is 9.40. The highest BCUT2D eigenvalue weighted by atomic mass is 16.5. The summed E-state index contributed by atoms with van der Waals surface area (Å²) in [4.78, 5) is 30.3. The van der Waals surface area contributed by atoms with Crippen LogP contribution in [0.25, 0.3) is 10.9 Å². The molecule has 1 atom stereocenters. The maximum absolute atomic E-state index is 13.0. The van der Waals surface area contributed by atoms with E-state index in [1.807, 2.05) is 65.0 Å². The van der Waals surface area contributed by atoms with E-state index >= 15 is 0 Å². The van der Waals surface area contributed by atoms with Gasteiger partial charge in [0.2, 0.25) is 0 Å². The molecule has 1 fully saturated rings. The van der Waals surface area contributed by atoms with Gasteiger partial charge in [-0.05, 0) is 51.7 Å². The number of hydrogen-bond acceptors (Lipinski definition) is 4. The Balaban J connectivity index is 1.91. The molecule has 27 heavy (non-hydrogen) atoms. The average molecular weight is 368 g/mol. The molecule has 1 unspecified atom stereocenters. The first kappa shape index (κ1) is 19.3. The van der Waals surface area contributed by atoms with Crippen LogP contribution in [0, 0.1) is 5.92 Å². The van der Waals surface area contributed by atoms with Crippen molar-refractivity contribution in [1.82, 2.24) is 10.3 Å². The monoisotopic (exact) mass is 368 g/mol. The number of esters is 1. The summed E-state index contributed by atoms with van der Waals surface area (Å²) in [6.07, 6.45) is 1.36. The fourth-order valence-electron chi connectivity index (χ4n) is 3.06. The number of para-hydroxylation sites is 1. The Labute approximate surface area is 160 Å². The average Bonchev–Trinajstić information content (AvgIpc) is 3.41. The minimum atomic E-state index is -0.840. The molecule has 0 saturated heterocycles. The van der Waals surface area contributed by atoms with Gasteiger partial charge in [0.05, 0.1) is 11.1 Å². The molecule has 0 radical (unpaired) electrons. The Morgan fingerprint density at radius 2 is 1.85 bits per heavy atom. The van der Waals surface area contributed by atoms with Crippen LogP contribution < -0.4 is 5.32 Å². The molecule has 5 nitrogen and oxygen atoms in total. The van der Waals surface area contributed by atoms with Crippen LogP contribution in [0.15, 0.2) is 30.3 Å². The minimum Gasteiger partial charge on any atom is -0.448 e.